The number of carboxylic acids is 2. The number of nitrogens with one attached hydrogen (secondary N) is 1. The molecule has 0 spiro atoms. The Morgan fingerprint density at radius 2 is 1.52 bits per heavy atom. The van der Waals surface area contributed by atoms with Crippen LogP contribution in [0.15, 0.2) is 48.5 Å². The van der Waals surface area contributed by atoms with Gasteiger partial charge in [0.25, 0.3) is 0 Å². The molecule has 178 valence electrons. The highest BCUT2D eigenvalue weighted by molar-refractivity contribution is 6.27. The van der Waals surface area contributed by atoms with Gasteiger partial charge in [-0.25, -0.2) is 9.59 Å². The number of hydrogen-bond acceptors (Lipinski definition) is 6. The molecule has 2 aromatic carbocycles. The second-order valence-electron chi connectivity index (χ2n) is 7.58. The third-order valence-corrected chi connectivity index (χ3v) is 5.31. The Bertz CT molecular complexity index is 911. The van der Waals surface area contributed by atoms with Crippen LogP contribution in [0.5, 0.6) is 11.5 Å². The average Bonchev–Trinajstić information content (AvgIpc) is 2.83. The highest BCUT2D eigenvalue weighted by atomic mass is 16.5. The summed E-state index contributed by atoms with van der Waals surface area (Å²) in [7, 11) is 3.34. The number of carbonyl (C=O) groups is 3. The van der Waals surface area contributed by atoms with Crippen molar-refractivity contribution in [1.82, 2.24) is 10.2 Å². The minimum absolute atomic E-state index is 0.102. The molecular weight excluding hydrogens is 428 g/mol. The first kappa shape index (κ1) is 25.7. The van der Waals surface area contributed by atoms with E-state index in [2.05, 4.69) is 22.3 Å². The molecule has 9 nitrogen and oxygen atoms in total. The van der Waals surface area contributed by atoms with E-state index in [1.54, 1.807) is 14.2 Å². The molecule has 0 radical (unpaired) electrons. The summed E-state index contributed by atoms with van der Waals surface area (Å²) in [6, 6.07) is 16.0. The zero-order chi connectivity index (χ0) is 24.2. The van der Waals surface area contributed by atoms with Crippen LogP contribution in [-0.2, 0) is 27.5 Å². The minimum atomic E-state index is -1.82. The summed E-state index contributed by atoms with van der Waals surface area (Å²) in [5, 5.41) is 17.9. The van der Waals surface area contributed by atoms with Crippen molar-refractivity contribution in [3.63, 3.8) is 0 Å². The van der Waals surface area contributed by atoms with Crippen molar-refractivity contribution in [2.75, 3.05) is 27.3 Å². The van der Waals surface area contributed by atoms with Crippen LogP contribution in [0.3, 0.4) is 0 Å². The molecule has 1 heterocycles. The van der Waals surface area contributed by atoms with E-state index < -0.39 is 11.9 Å². The quantitative estimate of drug-likeness (QED) is 0.540. The van der Waals surface area contributed by atoms with E-state index in [1.165, 1.54) is 5.56 Å². The predicted molar refractivity (Wildman–Crippen MR) is 121 cm³/mol. The van der Waals surface area contributed by atoms with Crippen molar-refractivity contribution in [1.29, 1.82) is 0 Å². The van der Waals surface area contributed by atoms with Crippen LogP contribution >= 0.6 is 0 Å². The number of hydrogen-bond donors (Lipinski definition) is 3. The van der Waals surface area contributed by atoms with Gasteiger partial charge in [0.15, 0.2) is 0 Å². The molecule has 1 aliphatic rings. The molecular formula is C24H30N2O7. The van der Waals surface area contributed by atoms with E-state index in [9.17, 15) is 4.79 Å². The van der Waals surface area contributed by atoms with Crippen LogP contribution in [0.1, 0.15) is 24.0 Å². The van der Waals surface area contributed by atoms with E-state index in [0.29, 0.717) is 6.54 Å². The number of carboxylic acid groups (broad SMARTS) is 2. The maximum Gasteiger partial charge on any atom is 0.414 e. The van der Waals surface area contributed by atoms with E-state index >= 15 is 0 Å². The average molecular weight is 459 g/mol. The number of aliphatic carboxylic acids is 2. The van der Waals surface area contributed by atoms with E-state index in [1.807, 2.05) is 36.4 Å². The van der Waals surface area contributed by atoms with Gasteiger partial charge >= 0.3 is 11.9 Å². The second kappa shape index (κ2) is 13.1. The van der Waals surface area contributed by atoms with Crippen molar-refractivity contribution in [3.05, 3.63) is 59.7 Å². The highest BCUT2D eigenvalue weighted by Crippen LogP contribution is 2.21. The van der Waals surface area contributed by atoms with Gasteiger partial charge in [-0.3, -0.25) is 9.69 Å². The molecule has 1 amide bonds. The van der Waals surface area contributed by atoms with Crippen molar-refractivity contribution >= 4 is 17.8 Å². The Morgan fingerprint density at radius 3 is 2.06 bits per heavy atom. The molecule has 2 aromatic rings. The standard InChI is InChI=1S/C22H28N2O3.C2H2O4/c1-26-20-8-6-17(7-9-20)15-23-22(25)19-10-12-24(13-11-19)16-18-4-3-5-21(14-18)27-2;3-1(4)2(5)6/h3-9,14,19H,10-13,15-16H2,1-2H3,(H,23,25);(H,3,4)(H,5,6). The molecule has 3 N–H and O–H groups in total. The molecule has 0 aliphatic carbocycles. The Balaban J connectivity index is 0.000000569. The Morgan fingerprint density at radius 1 is 0.909 bits per heavy atom. The summed E-state index contributed by atoms with van der Waals surface area (Å²) in [6.07, 6.45) is 1.80. The summed E-state index contributed by atoms with van der Waals surface area (Å²) in [6.45, 7) is 3.35. The summed E-state index contributed by atoms with van der Waals surface area (Å²) >= 11 is 0. The summed E-state index contributed by atoms with van der Waals surface area (Å²) < 4.78 is 10.4. The Hall–Kier alpha value is -3.59. The molecule has 1 aliphatic heterocycles. The number of amides is 1. The van der Waals surface area contributed by atoms with E-state index in [4.69, 9.17) is 29.3 Å². The maximum atomic E-state index is 12.5. The fourth-order valence-electron chi connectivity index (χ4n) is 3.46. The number of rotatable bonds is 7. The monoisotopic (exact) mass is 458 g/mol. The lowest BCUT2D eigenvalue weighted by atomic mass is 9.95. The van der Waals surface area contributed by atoms with E-state index in [-0.39, 0.29) is 11.8 Å². The van der Waals surface area contributed by atoms with Crippen LogP contribution in [-0.4, -0.2) is 60.3 Å². The zero-order valence-electron chi connectivity index (χ0n) is 18.8. The van der Waals surface area contributed by atoms with Crippen LogP contribution in [0, 0.1) is 5.92 Å². The molecule has 0 unspecified atom stereocenters. The molecule has 0 aromatic heterocycles. The van der Waals surface area contributed by atoms with Crippen LogP contribution < -0.4 is 14.8 Å². The number of carbonyl (C=O) groups excluding carboxylic acids is 1. The van der Waals surface area contributed by atoms with E-state index in [0.717, 1.165) is 49.5 Å². The molecule has 0 bridgehead atoms. The van der Waals surface area contributed by atoms with Gasteiger partial charge in [-0.2, -0.15) is 0 Å². The van der Waals surface area contributed by atoms with Gasteiger partial charge in [-0.1, -0.05) is 24.3 Å². The van der Waals surface area contributed by atoms with Gasteiger partial charge in [-0.15, -0.1) is 0 Å². The minimum Gasteiger partial charge on any atom is -0.497 e. The topological polar surface area (TPSA) is 125 Å². The number of likely N-dealkylation sites (tertiary alicyclic amines) is 1. The molecule has 0 saturated carbocycles. The van der Waals surface area contributed by atoms with Crippen LogP contribution in [0.4, 0.5) is 0 Å². The predicted octanol–water partition coefficient (Wildman–Crippen LogP) is 2.39. The number of nitrogens with zero attached hydrogens (tertiary/aromatic N) is 1. The lowest BCUT2D eigenvalue weighted by Crippen LogP contribution is -2.40. The molecule has 9 heteroatoms. The molecule has 0 atom stereocenters. The normalized spacial score (nSPS) is 13.9. The molecule has 1 fully saturated rings. The number of piperidine rings is 1. The van der Waals surface area contributed by atoms with Crippen LogP contribution in [0.2, 0.25) is 0 Å². The molecule has 1 saturated heterocycles. The second-order valence-corrected chi connectivity index (χ2v) is 7.58. The maximum absolute atomic E-state index is 12.5. The first-order valence-corrected chi connectivity index (χ1v) is 10.5. The van der Waals surface area contributed by atoms with Gasteiger partial charge in [0.2, 0.25) is 5.91 Å². The number of methoxy groups -OCH3 is 2. The molecule has 3 rings (SSSR count). The summed E-state index contributed by atoms with van der Waals surface area (Å²) in [5.41, 5.74) is 2.33. The largest absolute Gasteiger partial charge is 0.497 e. The van der Waals surface area contributed by atoms with Crippen LogP contribution in [0.25, 0.3) is 0 Å². The zero-order valence-corrected chi connectivity index (χ0v) is 18.8. The summed E-state index contributed by atoms with van der Waals surface area (Å²) in [5.74, 6) is -1.67. The number of ether oxygens (including phenoxy) is 2. The first-order valence-electron chi connectivity index (χ1n) is 10.5. The first-order chi connectivity index (χ1) is 15.8. The highest BCUT2D eigenvalue weighted by Gasteiger charge is 2.24. The van der Waals surface area contributed by atoms with Crippen molar-refractivity contribution < 1.29 is 34.1 Å². The lowest BCUT2D eigenvalue weighted by molar-refractivity contribution is -0.159. The van der Waals surface area contributed by atoms with Gasteiger partial charge < -0.3 is 25.0 Å². The Labute approximate surface area is 192 Å². The molecule has 33 heavy (non-hydrogen) atoms. The fourth-order valence-corrected chi connectivity index (χ4v) is 3.46. The van der Waals surface area contributed by atoms with Gasteiger partial charge in [0, 0.05) is 19.0 Å². The SMILES string of the molecule is COc1ccc(CNC(=O)C2CCN(Cc3cccc(OC)c3)CC2)cc1.O=C(O)C(=O)O. The lowest BCUT2D eigenvalue weighted by Gasteiger charge is -2.31. The third-order valence-electron chi connectivity index (χ3n) is 5.31. The van der Waals surface area contributed by atoms with Gasteiger partial charge in [0.1, 0.15) is 11.5 Å². The number of benzene rings is 2. The van der Waals surface area contributed by atoms with Crippen molar-refractivity contribution in [2.45, 2.75) is 25.9 Å². The Kier molecular flexibility index (Phi) is 10.2. The fraction of sp³-hybridized carbons (Fsp3) is 0.375. The van der Waals surface area contributed by atoms with Crippen molar-refractivity contribution in [2.24, 2.45) is 5.92 Å². The van der Waals surface area contributed by atoms with Gasteiger partial charge in [0.05, 0.1) is 14.2 Å². The van der Waals surface area contributed by atoms with Gasteiger partial charge in [-0.05, 0) is 61.3 Å². The summed E-state index contributed by atoms with van der Waals surface area (Å²) in [4.78, 5) is 33.1. The van der Waals surface area contributed by atoms with Crippen molar-refractivity contribution in [3.8, 4) is 11.5 Å². The smallest absolute Gasteiger partial charge is 0.414 e. The third kappa shape index (κ3) is 8.82.